The third-order valence-corrected chi connectivity index (χ3v) is 5.21. The number of nitrogens with one attached hydrogen (secondary N) is 3. The Morgan fingerprint density at radius 2 is 1.93 bits per heavy atom. The summed E-state index contributed by atoms with van der Waals surface area (Å²) in [6, 6.07) is 7.01. The number of carbonyl (C=O) groups is 2. The molecule has 7 heteroatoms. The van der Waals surface area contributed by atoms with Crippen LogP contribution in [0.5, 0.6) is 0 Å². The van der Waals surface area contributed by atoms with Crippen molar-refractivity contribution in [2.45, 2.75) is 32.3 Å². The monoisotopic (exact) mass is 376 g/mol. The van der Waals surface area contributed by atoms with Gasteiger partial charge in [-0.1, -0.05) is 19.9 Å². The highest BCUT2D eigenvalue weighted by molar-refractivity contribution is 6.00. The number of nitrogens with zero attached hydrogens (tertiary/aromatic N) is 1. The third-order valence-electron chi connectivity index (χ3n) is 5.21. The van der Waals surface area contributed by atoms with E-state index in [0.29, 0.717) is 30.6 Å². The molecule has 150 valence electrons. The normalized spacial score (nSPS) is 16.1. The molecule has 1 saturated heterocycles. The second-order valence-electron chi connectivity index (χ2n) is 6.77. The molecule has 1 aliphatic heterocycles. The Bertz CT molecular complexity index is 625. The highest BCUT2D eigenvalue weighted by atomic mass is 16.5. The fourth-order valence-corrected chi connectivity index (χ4v) is 3.31. The molecular formula is C20H32N4O3. The number of ether oxygens (including phenoxy) is 1. The van der Waals surface area contributed by atoms with Gasteiger partial charge in [0.2, 0.25) is 0 Å². The van der Waals surface area contributed by atoms with E-state index in [9.17, 15) is 9.59 Å². The van der Waals surface area contributed by atoms with Gasteiger partial charge in [0.25, 0.3) is 11.8 Å². The Morgan fingerprint density at radius 1 is 1.22 bits per heavy atom. The molecule has 0 bridgehead atoms. The van der Waals surface area contributed by atoms with Crippen LogP contribution in [0, 0.1) is 0 Å². The number of anilines is 1. The molecular weight excluding hydrogens is 344 g/mol. The summed E-state index contributed by atoms with van der Waals surface area (Å²) in [6.07, 6.45) is 1.25. The Morgan fingerprint density at radius 3 is 2.56 bits per heavy atom. The Balaban J connectivity index is 1.96. The molecule has 0 unspecified atom stereocenters. The van der Waals surface area contributed by atoms with Crippen molar-refractivity contribution in [2.75, 3.05) is 51.7 Å². The van der Waals surface area contributed by atoms with Gasteiger partial charge in [0, 0.05) is 31.5 Å². The lowest BCUT2D eigenvalue weighted by atomic mass is 9.91. The molecule has 27 heavy (non-hydrogen) atoms. The summed E-state index contributed by atoms with van der Waals surface area (Å²) in [5, 5.41) is 9.08. The zero-order valence-corrected chi connectivity index (χ0v) is 16.6. The van der Waals surface area contributed by atoms with Crippen molar-refractivity contribution in [2.24, 2.45) is 0 Å². The minimum atomic E-state index is -0.812. The maximum atomic E-state index is 12.7. The first kappa shape index (κ1) is 21.3. The molecule has 3 N–H and O–H groups in total. The van der Waals surface area contributed by atoms with E-state index in [-0.39, 0.29) is 11.8 Å². The summed E-state index contributed by atoms with van der Waals surface area (Å²) in [4.78, 5) is 27.4. The maximum Gasteiger partial charge on any atom is 0.256 e. The summed E-state index contributed by atoms with van der Waals surface area (Å²) >= 11 is 0. The average molecular weight is 377 g/mol. The molecule has 0 atom stereocenters. The van der Waals surface area contributed by atoms with Crippen LogP contribution in [0.15, 0.2) is 24.3 Å². The first-order chi connectivity index (χ1) is 13.0. The molecule has 7 nitrogen and oxygen atoms in total. The summed E-state index contributed by atoms with van der Waals surface area (Å²) in [7, 11) is 1.57. The van der Waals surface area contributed by atoms with Crippen LogP contribution in [0.4, 0.5) is 5.69 Å². The Kier molecular flexibility index (Phi) is 8.22. The first-order valence-corrected chi connectivity index (χ1v) is 9.72. The quantitative estimate of drug-likeness (QED) is 0.608. The lowest BCUT2D eigenvalue weighted by molar-refractivity contribution is -0.140. The van der Waals surface area contributed by atoms with Crippen LogP contribution in [0.2, 0.25) is 0 Å². The van der Waals surface area contributed by atoms with Gasteiger partial charge >= 0.3 is 0 Å². The van der Waals surface area contributed by atoms with Crippen molar-refractivity contribution in [1.29, 1.82) is 0 Å². The summed E-state index contributed by atoms with van der Waals surface area (Å²) in [6.45, 7) is 9.04. The van der Waals surface area contributed by atoms with Crippen LogP contribution in [0.1, 0.15) is 37.0 Å². The molecule has 0 aliphatic carbocycles. The molecule has 2 amide bonds. The lowest BCUT2D eigenvalue weighted by Crippen LogP contribution is -2.51. The molecule has 1 aliphatic rings. The molecule has 0 aromatic heterocycles. The van der Waals surface area contributed by atoms with Crippen molar-refractivity contribution < 1.29 is 14.3 Å². The van der Waals surface area contributed by atoms with Crippen molar-refractivity contribution in [1.82, 2.24) is 15.5 Å². The molecule has 0 saturated carbocycles. The zero-order valence-electron chi connectivity index (χ0n) is 16.6. The number of rotatable bonds is 9. The lowest BCUT2D eigenvalue weighted by Gasteiger charge is -2.34. The van der Waals surface area contributed by atoms with Gasteiger partial charge in [0.05, 0.1) is 0 Å². The smallest absolute Gasteiger partial charge is 0.256 e. The molecule has 2 rings (SSSR count). The van der Waals surface area contributed by atoms with E-state index in [1.807, 2.05) is 0 Å². The average Bonchev–Trinajstić information content (AvgIpc) is 2.71. The van der Waals surface area contributed by atoms with Gasteiger partial charge in [0.15, 0.2) is 0 Å². The predicted molar refractivity (Wildman–Crippen MR) is 107 cm³/mol. The number of benzene rings is 1. The van der Waals surface area contributed by atoms with Crippen LogP contribution in [-0.2, 0) is 9.53 Å². The van der Waals surface area contributed by atoms with E-state index >= 15 is 0 Å². The molecule has 1 heterocycles. The fraction of sp³-hybridized carbons (Fsp3) is 0.600. The number of carbonyl (C=O) groups excluding carboxylic acids is 2. The zero-order chi connectivity index (χ0) is 19.7. The first-order valence-electron chi connectivity index (χ1n) is 9.72. The second kappa shape index (κ2) is 10.4. The fourth-order valence-electron chi connectivity index (χ4n) is 3.31. The van der Waals surface area contributed by atoms with Gasteiger partial charge in [-0.15, -0.1) is 0 Å². The predicted octanol–water partition coefficient (Wildman–Crippen LogP) is 1.47. The second-order valence-corrected chi connectivity index (χ2v) is 6.77. The highest BCUT2D eigenvalue weighted by Crippen LogP contribution is 2.24. The number of hydrogen-bond acceptors (Lipinski definition) is 5. The van der Waals surface area contributed by atoms with Crippen LogP contribution >= 0.6 is 0 Å². The van der Waals surface area contributed by atoms with Gasteiger partial charge in [-0.2, -0.15) is 0 Å². The van der Waals surface area contributed by atoms with Gasteiger partial charge in [0.1, 0.15) is 5.60 Å². The standard InChI is InChI=1S/C20H32N4O3/c1-4-24(5-2)14-13-22-18(25)16-7-6-8-17(15-16)23-19(26)20(27-3)9-11-21-12-10-20/h6-8,15,21H,4-5,9-14H2,1-3H3,(H,22,25)(H,23,26). The Labute approximate surface area is 161 Å². The molecule has 0 spiro atoms. The summed E-state index contributed by atoms with van der Waals surface area (Å²) in [5.74, 6) is -0.299. The van der Waals surface area contributed by atoms with Crippen molar-refractivity contribution in [3.8, 4) is 0 Å². The van der Waals surface area contributed by atoms with Crippen molar-refractivity contribution in [3.63, 3.8) is 0 Å². The SMILES string of the molecule is CCN(CC)CCNC(=O)c1cccc(NC(=O)C2(OC)CCNCC2)c1. The molecule has 1 fully saturated rings. The van der Waals surface area contributed by atoms with Crippen molar-refractivity contribution >= 4 is 17.5 Å². The van der Waals surface area contributed by atoms with E-state index in [4.69, 9.17) is 4.74 Å². The van der Waals surface area contributed by atoms with Gasteiger partial charge < -0.3 is 25.6 Å². The Hall–Kier alpha value is -1.96. The molecule has 1 aromatic carbocycles. The maximum absolute atomic E-state index is 12.7. The number of piperidine rings is 1. The van der Waals surface area contributed by atoms with E-state index in [1.165, 1.54) is 0 Å². The molecule has 1 aromatic rings. The van der Waals surface area contributed by atoms with Crippen LogP contribution < -0.4 is 16.0 Å². The van der Waals surface area contributed by atoms with Crippen molar-refractivity contribution in [3.05, 3.63) is 29.8 Å². The summed E-state index contributed by atoms with van der Waals surface area (Å²) < 4.78 is 5.55. The third kappa shape index (κ3) is 5.76. The van der Waals surface area contributed by atoms with E-state index in [0.717, 1.165) is 32.7 Å². The number of amides is 2. The largest absolute Gasteiger partial charge is 0.368 e. The number of hydrogen-bond donors (Lipinski definition) is 3. The van der Waals surface area contributed by atoms with E-state index in [1.54, 1.807) is 31.4 Å². The van der Waals surface area contributed by atoms with E-state index < -0.39 is 5.60 Å². The topological polar surface area (TPSA) is 82.7 Å². The minimum Gasteiger partial charge on any atom is -0.368 e. The van der Waals surface area contributed by atoms with Gasteiger partial charge in [-0.25, -0.2) is 0 Å². The summed E-state index contributed by atoms with van der Waals surface area (Å²) in [5.41, 5.74) is 0.322. The van der Waals surface area contributed by atoms with Crippen LogP contribution in [0.3, 0.4) is 0 Å². The van der Waals surface area contributed by atoms with Crippen LogP contribution in [-0.4, -0.2) is 68.7 Å². The van der Waals surface area contributed by atoms with Gasteiger partial charge in [-0.05, 0) is 57.2 Å². The minimum absolute atomic E-state index is 0.137. The highest BCUT2D eigenvalue weighted by Gasteiger charge is 2.39. The number of likely N-dealkylation sites (N-methyl/N-ethyl adjacent to an activating group) is 1. The van der Waals surface area contributed by atoms with Gasteiger partial charge in [-0.3, -0.25) is 9.59 Å². The molecule has 0 radical (unpaired) electrons. The van der Waals surface area contributed by atoms with Crippen LogP contribution in [0.25, 0.3) is 0 Å². The van der Waals surface area contributed by atoms with E-state index in [2.05, 4.69) is 34.7 Å². The number of methoxy groups -OCH3 is 1.